The molecule has 0 bridgehead atoms. The van der Waals surface area contributed by atoms with Crippen molar-refractivity contribution in [2.24, 2.45) is 0 Å². The molecule has 15 aromatic rings. The highest BCUT2D eigenvalue weighted by molar-refractivity contribution is 6.15. The molecule has 4 heterocycles. The smallest absolute Gasteiger partial charge is 0.211 e. The predicted octanol–water partition coefficient (Wildman–Crippen LogP) is 19.8. The first-order chi connectivity index (χ1) is 40.0. The number of hydrogen-bond acceptors (Lipinski definition) is 2. The number of rotatable bonds is 8. The summed E-state index contributed by atoms with van der Waals surface area (Å²) in [4.78, 5) is 21.8. The fourth-order valence-corrected chi connectivity index (χ4v) is 11.9. The second kappa shape index (κ2) is 18.8. The minimum Gasteiger partial charge on any atom is -0.319 e. The Hall–Kier alpha value is -11.6. The van der Waals surface area contributed by atoms with E-state index in [0.717, 1.165) is 133 Å². The molecule has 0 amide bonds. The van der Waals surface area contributed by atoms with Gasteiger partial charge in [-0.15, -0.1) is 0 Å². The lowest BCUT2D eigenvalue weighted by Crippen LogP contribution is -1.97. The molecule has 8 heteroatoms. The zero-order valence-electron chi connectivity index (χ0n) is 43.3. The lowest BCUT2D eigenvalue weighted by Gasteiger charge is -2.14. The van der Waals surface area contributed by atoms with Gasteiger partial charge in [-0.05, 0) is 124 Å². The predicted molar refractivity (Wildman–Crippen MR) is 331 cm³/mol. The molecule has 11 aromatic carbocycles. The number of para-hydroxylation sites is 2. The maximum absolute atomic E-state index is 8.68. The molecule has 0 spiro atoms. The minimum atomic E-state index is 0.533. The van der Waals surface area contributed by atoms with Gasteiger partial charge in [0, 0.05) is 49.6 Å². The number of aromatic nitrogens is 5. The first-order valence-corrected chi connectivity index (χ1v) is 26.6. The molecule has 0 aliphatic carbocycles. The summed E-state index contributed by atoms with van der Waals surface area (Å²) in [5.41, 5.74) is 19.4. The fraction of sp³-hybridized carbons (Fsp3) is 0. The number of nitrogens with zero attached hydrogens (tertiary/aromatic N) is 8. The van der Waals surface area contributed by atoms with E-state index in [-0.39, 0.29) is 0 Å². The van der Waals surface area contributed by atoms with Gasteiger partial charge in [0.05, 0.1) is 69.9 Å². The van der Waals surface area contributed by atoms with Crippen LogP contribution in [0, 0.1) is 19.7 Å². The van der Waals surface area contributed by atoms with Gasteiger partial charge >= 0.3 is 0 Å². The SMILES string of the molecule is [C-]#[N+]c1ccc2c(c1)c1ccccc1n2-c1ccc2c(c1)c1cc(-n3c4ccccc4c4cc([N+]#[C-])ccc43)ccc1n2-c1ccc(-c2ccc(-c3ccc(-c4cc(-c5ccccc5)nc(-c5ccccc5)n4)cc3)cc2)cc1[N+]#[C-]. The molecule has 0 N–H and O–H groups in total. The topological polar surface area (TPSA) is 53.6 Å². The van der Waals surface area contributed by atoms with Crippen LogP contribution in [-0.4, -0.2) is 23.7 Å². The molecule has 0 aliphatic heterocycles. The molecule has 0 radical (unpaired) electrons. The van der Waals surface area contributed by atoms with Crippen LogP contribution < -0.4 is 0 Å². The van der Waals surface area contributed by atoms with Gasteiger partial charge in [0.2, 0.25) is 5.69 Å². The standard InChI is InChI=1S/C73H42N8/c1-74-53-31-36-68-59(41-53)57-18-10-12-20-66(57)79(68)55-33-38-70-61(43-55)62-44-56(80-67-21-13-11-19-58(67)60-42-54(75-2)32-37-69(60)80)34-39-71(62)81(70)72-35-30-52(40-65(72)76-3)48-24-22-46(23-25-48)47-26-28-50(29-27-47)64-45-63(49-14-6-4-7-15-49)77-73(78-64)51-16-8-5-9-17-51/h4-45H. The summed E-state index contributed by atoms with van der Waals surface area (Å²) >= 11 is 0. The van der Waals surface area contributed by atoms with Crippen molar-refractivity contribution in [3.63, 3.8) is 0 Å². The van der Waals surface area contributed by atoms with Crippen molar-refractivity contribution in [2.45, 2.75) is 0 Å². The largest absolute Gasteiger partial charge is 0.319 e. The molecule has 15 rings (SSSR count). The van der Waals surface area contributed by atoms with Crippen molar-refractivity contribution < 1.29 is 0 Å². The van der Waals surface area contributed by atoms with Crippen molar-refractivity contribution in [2.75, 3.05) is 0 Å². The summed E-state index contributed by atoms with van der Waals surface area (Å²) in [6.45, 7) is 24.3. The zero-order chi connectivity index (χ0) is 54.1. The average Bonchev–Trinajstić information content (AvgIpc) is 4.39. The molecule has 0 atom stereocenters. The van der Waals surface area contributed by atoms with Gasteiger partial charge in [-0.1, -0.05) is 164 Å². The first-order valence-electron chi connectivity index (χ1n) is 26.6. The van der Waals surface area contributed by atoms with Crippen LogP contribution in [0.4, 0.5) is 17.1 Å². The summed E-state index contributed by atoms with van der Waals surface area (Å²) in [5.74, 6) is 0.684. The quantitative estimate of drug-likeness (QED) is 0.142. The Morgan fingerprint density at radius 3 is 1.17 bits per heavy atom. The van der Waals surface area contributed by atoms with Gasteiger partial charge in [0.15, 0.2) is 17.2 Å². The normalized spacial score (nSPS) is 11.4. The molecular weight excluding hydrogens is 989 g/mol. The van der Waals surface area contributed by atoms with E-state index in [2.05, 4.69) is 192 Å². The van der Waals surface area contributed by atoms with Gasteiger partial charge < -0.3 is 13.7 Å². The van der Waals surface area contributed by atoms with Crippen LogP contribution in [0.15, 0.2) is 255 Å². The van der Waals surface area contributed by atoms with Gasteiger partial charge in [0.25, 0.3) is 0 Å². The molecule has 374 valence electrons. The molecule has 0 aliphatic rings. The number of benzene rings is 11. The van der Waals surface area contributed by atoms with Crippen LogP contribution in [0.25, 0.3) is 153 Å². The van der Waals surface area contributed by atoms with Crippen molar-refractivity contribution in [1.29, 1.82) is 0 Å². The van der Waals surface area contributed by atoms with Crippen molar-refractivity contribution in [3.05, 3.63) is 289 Å². The van der Waals surface area contributed by atoms with E-state index in [1.54, 1.807) is 0 Å². The van der Waals surface area contributed by atoms with Gasteiger partial charge in [-0.2, -0.15) is 0 Å². The van der Waals surface area contributed by atoms with E-state index >= 15 is 0 Å². The third-order valence-electron chi connectivity index (χ3n) is 15.7. The van der Waals surface area contributed by atoms with Crippen LogP contribution >= 0.6 is 0 Å². The summed E-state index contributed by atoms with van der Waals surface area (Å²) in [6, 6.07) is 87.5. The molecular formula is C73H42N8. The van der Waals surface area contributed by atoms with E-state index in [1.165, 1.54) is 0 Å². The van der Waals surface area contributed by atoms with Gasteiger partial charge in [0.1, 0.15) is 0 Å². The molecule has 0 fully saturated rings. The Kier molecular flexibility index (Phi) is 10.8. The first kappa shape index (κ1) is 46.7. The number of hydrogen-bond donors (Lipinski definition) is 0. The summed E-state index contributed by atoms with van der Waals surface area (Å²) in [7, 11) is 0. The van der Waals surface area contributed by atoms with Gasteiger partial charge in [-0.3, -0.25) is 0 Å². The lowest BCUT2D eigenvalue weighted by molar-refractivity contribution is 1.16. The molecule has 81 heavy (non-hydrogen) atoms. The third kappa shape index (κ3) is 7.73. The van der Waals surface area contributed by atoms with E-state index < -0.39 is 0 Å². The Morgan fingerprint density at radius 2 is 0.667 bits per heavy atom. The summed E-state index contributed by atoms with van der Waals surface area (Å²) < 4.78 is 6.81. The zero-order valence-corrected chi connectivity index (χ0v) is 43.3. The molecule has 0 saturated carbocycles. The van der Waals surface area contributed by atoms with Crippen molar-refractivity contribution in [1.82, 2.24) is 23.7 Å². The lowest BCUT2D eigenvalue weighted by atomic mass is 9.98. The highest BCUT2D eigenvalue weighted by atomic mass is 15.0. The van der Waals surface area contributed by atoms with Gasteiger partial charge in [-0.25, -0.2) is 24.5 Å². The second-order valence-corrected chi connectivity index (χ2v) is 20.2. The maximum Gasteiger partial charge on any atom is 0.211 e. The average molecular weight is 1030 g/mol. The van der Waals surface area contributed by atoms with E-state index in [1.807, 2.05) is 91.0 Å². The molecule has 8 nitrogen and oxygen atoms in total. The third-order valence-corrected chi connectivity index (χ3v) is 15.7. The van der Waals surface area contributed by atoms with E-state index in [9.17, 15) is 0 Å². The summed E-state index contributed by atoms with van der Waals surface area (Å²) in [6.07, 6.45) is 0. The monoisotopic (exact) mass is 1030 g/mol. The van der Waals surface area contributed by atoms with Crippen LogP contribution in [0.5, 0.6) is 0 Å². The molecule has 0 saturated heterocycles. The van der Waals surface area contributed by atoms with Crippen LogP contribution in [-0.2, 0) is 0 Å². The highest BCUT2D eigenvalue weighted by Crippen LogP contribution is 2.43. The van der Waals surface area contributed by atoms with Crippen LogP contribution in [0.1, 0.15) is 0 Å². The second-order valence-electron chi connectivity index (χ2n) is 20.2. The number of fused-ring (bicyclic) bond motifs is 9. The Labute approximate surface area is 466 Å². The Bertz CT molecular complexity index is 4930. The van der Waals surface area contributed by atoms with Crippen LogP contribution in [0.3, 0.4) is 0 Å². The van der Waals surface area contributed by atoms with Crippen molar-refractivity contribution in [3.8, 4) is 73.2 Å². The highest BCUT2D eigenvalue weighted by Gasteiger charge is 2.21. The molecule has 4 aromatic heterocycles. The summed E-state index contributed by atoms with van der Waals surface area (Å²) in [5, 5.41) is 6.26. The fourth-order valence-electron chi connectivity index (χ4n) is 11.9. The minimum absolute atomic E-state index is 0.533. The van der Waals surface area contributed by atoms with Crippen LogP contribution in [0.2, 0.25) is 0 Å². The van der Waals surface area contributed by atoms with E-state index in [4.69, 9.17) is 29.7 Å². The Morgan fingerprint density at radius 1 is 0.272 bits per heavy atom. The molecule has 0 unspecified atom stereocenters. The van der Waals surface area contributed by atoms with Crippen molar-refractivity contribution >= 4 is 82.5 Å². The van der Waals surface area contributed by atoms with E-state index in [0.29, 0.717) is 22.9 Å². The maximum atomic E-state index is 8.68. The Balaban J connectivity index is 0.823.